The normalized spacial score (nSPS) is 18.2. The summed E-state index contributed by atoms with van der Waals surface area (Å²) in [6.07, 6.45) is 3.74. The van der Waals surface area contributed by atoms with Gasteiger partial charge in [0, 0.05) is 55.1 Å². The van der Waals surface area contributed by atoms with E-state index in [2.05, 4.69) is 64.3 Å². The Morgan fingerprint density at radius 2 is 1.81 bits per heavy atom. The third-order valence-corrected chi connectivity index (χ3v) is 7.14. The summed E-state index contributed by atoms with van der Waals surface area (Å²) in [6.45, 7) is 10.6. The number of rotatable bonds is 5. The van der Waals surface area contributed by atoms with Crippen LogP contribution in [0.3, 0.4) is 0 Å². The fourth-order valence-electron chi connectivity index (χ4n) is 4.94. The number of pyridine rings is 1. The molecule has 0 radical (unpaired) electrons. The van der Waals surface area contributed by atoms with Crippen LogP contribution in [0.25, 0.3) is 10.9 Å². The Kier molecular flexibility index (Phi) is 5.38. The highest BCUT2D eigenvalue weighted by Crippen LogP contribution is 2.48. The zero-order valence-electron chi connectivity index (χ0n) is 19.3. The Morgan fingerprint density at radius 1 is 1.03 bits per heavy atom. The van der Waals surface area contributed by atoms with Crippen molar-refractivity contribution in [2.75, 3.05) is 31.1 Å². The van der Waals surface area contributed by atoms with Crippen molar-refractivity contribution in [3.63, 3.8) is 0 Å². The van der Waals surface area contributed by atoms with Crippen LogP contribution in [0.15, 0.2) is 54.7 Å². The lowest BCUT2D eigenvalue weighted by Crippen LogP contribution is -2.49. The summed E-state index contributed by atoms with van der Waals surface area (Å²) in [4.78, 5) is 22.9. The molecule has 0 atom stereocenters. The van der Waals surface area contributed by atoms with Gasteiger partial charge < -0.3 is 10.2 Å². The number of carbonyl (C=O) groups is 1. The lowest BCUT2D eigenvalue weighted by Gasteiger charge is -2.38. The number of hydrogen-bond acceptors (Lipinski definition) is 4. The molecule has 0 bridgehead atoms. The molecule has 2 aromatic carbocycles. The molecule has 1 aromatic heterocycles. The van der Waals surface area contributed by atoms with E-state index in [-0.39, 0.29) is 11.4 Å². The molecular formula is C27H32N4O. The maximum absolute atomic E-state index is 13.5. The average Bonchev–Trinajstić information content (AvgIpc) is 3.59. The second kappa shape index (κ2) is 8.21. The number of piperazine rings is 1. The van der Waals surface area contributed by atoms with E-state index in [0.717, 1.165) is 66.7 Å². The first-order chi connectivity index (χ1) is 15.5. The predicted molar refractivity (Wildman–Crippen MR) is 130 cm³/mol. The summed E-state index contributed by atoms with van der Waals surface area (Å²) in [6, 6.07) is 17.2. The van der Waals surface area contributed by atoms with Crippen molar-refractivity contribution in [2.24, 2.45) is 0 Å². The zero-order valence-corrected chi connectivity index (χ0v) is 19.3. The van der Waals surface area contributed by atoms with E-state index in [1.165, 1.54) is 5.56 Å². The van der Waals surface area contributed by atoms with E-state index in [4.69, 9.17) is 0 Å². The number of carbonyl (C=O) groups excluding carboxylic acids is 1. The van der Waals surface area contributed by atoms with Crippen LogP contribution in [0.1, 0.15) is 48.2 Å². The monoisotopic (exact) mass is 428 g/mol. The van der Waals surface area contributed by atoms with Crippen molar-refractivity contribution in [1.29, 1.82) is 0 Å². The van der Waals surface area contributed by atoms with Crippen molar-refractivity contribution in [1.82, 2.24) is 15.2 Å². The van der Waals surface area contributed by atoms with Gasteiger partial charge >= 0.3 is 0 Å². The second-order valence-electron chi connectivity index (χ2n) is 9.53. The molecule has 2 fully saturated rings. The van der Waals surface area contributed by atoms with Crippen molar-refractivity contribution in [3.8, 4) is 0 Å². The van der Waals surface area contributed by atoms with Gasteiger partial charge in [-0.25, -0.2) is 0 Å². The molecule has 3 aromatic rings. The smallest absolute Gasteiger partial charge is 0.252 e. The molecule has 32 heavy (non-hydrogen) atoms. The highest BCUT2D eigenvalue weighted by Gasteiger charge is 2.46. The number of nitrogens with one attached hydrogen (secondary N) is 1. The molecule has 1 aliphatic heterocycles. The SMILES string of the molecule is Cc1ccc(N2CCN(C(C)C)CC2)cc1C(=O)NC1(c2cccc3ncccc23)CC1. The van der Waals surface area contributed by atoms with E-state index in [9.17, 15) is 4.79 Å². The molecule has 5 heteroatoms. The van der Waals surface area contributed by atoms with Crippen molar-refractivity contribution < 1.29 is 4.79 Å². The summed E-state index contributed by atoms with van der Waals surface area (Å²) in [7, 11) is 0. The van der Waals surface area contributed by atoms with E-state index in [1.807, 2.05) is 31.3 Å². The molecule has 1 saturated carbocycles. The number of fused-ring (bicyclic) bond motifs is 1. The first-order valence-electron chi connectivity index (χ1n) is 11.7. The maximum atomic E-state index is 13.5. The van der Waals surface area contributed by atoms with Gasteiger partial charge in [-0.3, -0.25) is 14.7 Å². The summed E-state index contributed by atoms with van der Waals surface area (Å²) >= 11 is 0. The van der Waals surface area contributed by atoms with Gasteiger partial charge in [0.05, 0.1) is 11.1 Å². The maximum Gasteiger partial charge on any atom is 0.252 e. The molecule has 1 aliphatic carbocycles. The van der Waals surface area contributed by atoms with Gasteiger partial charge in [-0.2, -0.15) is 0 Å². The molecule has 2 heterocycles. The fraction of sp³-hybridized carbons (Fsp3) is 0.407. The molecule has 2 aliphatic rings. The standard InChI is InChI=1S/C27H32N4O/c1-19(2)30-14-16-31(17-15-30)21-10-9-20(3)23(18-21)26(32)29-27(11-12-27)24-7-4-8-25-22(24)6-5-13-28-25/h4-10,13,18-19H,11-12,14-17H2,1-3H3,(H,29,32). The van der Waals surface area contributed by atoms with Gasteiger partial charge in [-0.1, -0.05) is 24.3 Å². The van der Waals surface area contributed by atoms with Crippen LogP contribution in [-0.2, 0) is 5.54 Å². The lowest BCUT2D eigenvalue weighted by atomic mass is 9.98. The van der Waals surface area contributed by atoms with Crippen LogP contribution in [0.4, 0.5) is 5.69 Å². The minimum atomic E-state index is -0.287. The molecule has 1 amide bonds. The summed E-state index contributed by atoms with van der Waals surface area (Å²) in [5.74, 6) is 0.0172. The van der Waals surface area contributed by atoms with E-state index in [1.54, 1.807) is 0 Å². The minimum absolute atomic E-state index is 0.0172. The third kappa shape index (κ3) is 3.86. The lowest BCUT2D eigenvalue weighted by molar-refractivity contribution is 0.0930. The van der Waals surface area contributed by atoms with Crippen LogP contribution < -0.4 is 10.2 Å². The quantitative estimate of drug-likeness (QED) is 0.650. The predicted octanol–water partition coefficient (Wildman–Crippen LogP) is 4.49. The zero-order chi connectivity index (χ0) is 22.3. The molecule has 1 saturated heterocycles. The molecule has 0 spiro atoms. The number of anilines is 1. The van der Waals surface area contributed by atoms with Crippen molar-refractivity contribution >= 4 is 22.5 Å². The average molecular weight is 429 g/mol. The van der Waals surface area contributed by atoms with Gasteiger partial charge in [0.1, 0.15) is 0 Å². The summed E-state index contributed by atoms with van der Waals surface area (Å²) in [5, 5.41) is 4.52. The number of aryl methyl sites for hydroxylation is 1. The van der Waals surface area contributed by atoms with Gasteiger partial charge in [-0.05, 0) is 69.0 Å². The Balaban J connectivity index is 1.37. The molecule has 0 unspecified atom stereocenters. The Morgan fingerprint density at radius 3 is 2.53 bits per heavy atom. The van der Waals surface area contributed by atoms with Crippen LogP contribution in [0.2, 0.25) is 0 Å². The molecular weight excluding hydrogens is 396 g/mol. The van der Waals surface area contributed by atoms with E-state index in [0.29, 0.717) is 6.04 Å². The number of amides is 1. The molecule has 166 valence electrons. The van der Waals surface area contributed by atoms with Gasteiger partial charge in [0.2, 0.25) is 0 Å². The molecule has 1 N–H and O–H groups in total. The van der Waals surface area contributed by atoms with Crippen LogP contribution in [0.5, 0.6) is 0 Å². The van der Waals surface area contributed by atoms with Crippen molar-refractivity contribution in [3.05, 3.63) is 71.4 Å². The third-order valence-electron chi connectivity index (χ3n) is 7.14. The van der Waals surface area contributed by atoms with Gasteiger partial charge in [0.25, 0.3) is 5.91 Å². The Labute approximate surface area is 190 Å². The first kappa shape index (κ1) is 21.0. The molecule has 5 rings (SSSR count). The largest absolute Gasteiger partial charge is 0.369 e. The second-order valence-corrected chi connectivity index (χ2v) is 9.53. The fourth-order valence-corrected chi connectivity index (χ4v) is 4.94. The van der Waals surface area contributed by atoms with E-state index < -0.39 is 0 Å². The summed E-state index contributed by atoms with van der Waals surface area (Å²) in [5.41, 5.74) is 4.80. The number of nitrogens with zero attached hydrogens (tertiary/aromatic N) is 3. The topological polar surface area (TPSA) is 48.5 Å². The van der Waals surface area contributed by atoms with Gasteiger partial charge in [-0.15, -0.1) is 0 Å². The van der Waals surface area contributed by atoms with Crippen LogP contribution in [0, 0.1) is 6.92 Å². The minimum Gasteiger partial charge on any atom is -0.369 e. The Bertz CT molecular complexity index is 1140. The van der Waals surface area contributed by atoms with Crippen LogP contribution >= 0.6 is 0 Å². The van der Waals surface area contributed by atoms with Crippen LogP contribution in [-0.4, -0.2) is 48.0 Å². The summed E-state index contributed by atoms with van der Waals surface area (Å²) < 4.78 is 0. The Hall–Kier alpha value is -2.92. The van der Waals surface area contributed by atoms with Gasteiger partial charge in [0.15, 0.2) is 0 Å². The molecule has 5 nitrogen and oxygen atoms in total. The van der Waals surface area contributed by atoms with E-state index >= 15 is 0 Å². The highest BCUT2D eigenvalue weighted by atomic mass is 16.1. The number of aromatic nitrogens is 1. The first-order valence-corrected chi connectivity index (χ1v) is 11.7. The number of benzene rings is 2. The highest BCUT2D eigenvalue weighted by molar-refractivity contribution is 5.98. The number of hydrogen-bond donors (Lipinski definition) is 1. The van der Waals surface area contributed by atoms with Crippen molar-refractivity contribution in [2.45, 2.75) is 45.2 Å².